The van der Waals surface area contributed by atoms with Gasteiger partial charge >= 0.3 is 11.9 Å². The lowest BCUT2D eigenvalue weighted by Crippen LogP contribution is -2.24. The number of aromatic nitrogens is 3. The van der Waals surface area contributed by atoms with Crippen LogP contribution in [-0.2, 0) is 13.2 Å². The smallest absolute Gasteiger partial charge is 0.258 e. The van der Waals surface area contributed by atoms with E-state index in [1.54, 1.807) is 0 Å². The molecule has 0 aliphatic carbocycles. The third-order valence-electron chi connectivity index (χ3n) is 2.55. The van der Waals surface area contributed by atoms with Crippen LogP contribution in [0.25, 0.3) is 5.69 Å². The molecule has 11 heteroatoms. The Labute approximate surface area is 122 Å². The third-order valence-corrected chi connectivity index (χ3v) is 3.05. The molecule has 21 heavy (non-hydrogen) atoms. The van der Waals surface area contributed by atoms with Crippen molar-refractivity contribution < 1.29 is 18.1 Å². The van der Waals surface area contributed by atoms with E-state index in [-0.39, 0.29) is 4.57 Å². The SMILES string of the molecule is Cn1nc(C(F)(F)F)n(-c2ccc(Br)cc2[N+](=O)[O-])c1=O. The molecule has 0 amide bonds. The molecule has 1 heterocycles. The molecule has 0 radical (unpaired) electrons. The predicted molar refractivity (Wildman–Crippen MR) is 68.2 cm³/mol. The molecule has 0 aliphatic rings. The Morgan fingerprint density at radius 1 is 1.38 bits per heavy atom. The van der Waals surface area contributed by atoms with Gasteiger partial charge in [-0.3, -0.25) is 10.1 Å². The first kappa shape index (κ1) is 15.2. The van der Waals surface area contributed by atoms with Gasteiger partial charge in [-0.05, 0) is 12.1 Å². The Morgan fingerprint density at radius 3 is 2.52 bits per heavy atom. The second-order valence-corrected chi connectivity index (χ2v) is 4.87. The van der Waals surface area contributed by atoms with E-state index in [1.165, 1.54) is 6.07 Å². The van der Waals surface area contributed by atoms with Gasteiger partial charge in [-0.25, -0.2) is 14.0 Å². The van der Waals surface area contributed by atoms with Crippen LogP contribution in [0.3, 0.4) is 0 Å². The Morgan fingerprint density at radius 2 is 2.00 bits per heavy atom. The molecule has 7 nitrogen and oxygen atoms in total. The fraction of sp³-hybridized carbons (Fsp3) is 0.200. The molecular weight excluding hydrogens is 361 g/mol. The van der Waals surface area contributed by atoms with Crippen molar-refractivity contribution in [2.75, 3.05) is 0 Å². The zero-order valence-electron chi connectivity index (χ0n) is 10.3. The van der Waals surface area contributed by atoms with Gasteiger partial charge in [-0.1, -0.05) is 15.9 Å². The number of halogens is 4. The molecule has 0 N–H and O–H groups in total. The lowest BCUT2D eigenvalue weighted by Gasteiger charge is -2.08. The topological polar surface area (TPSA) is 83.0 Å². The summed E-state index contributed by atoms with van der Waals surface area (Å²) in [5.74, 6) is -1.53. The van der Waals surface area contributed by atoms with Crippen LogP contribution in [0.5, 0.6) is 0 Å². The van der Waals surface area contributed by atoms with Crippen LogP contribution in [0.15, 0.2) is 27.5 Å². The summed E-state index contributed by atoms with van der Waals surface area (Å²) < 4.78 is 39.7. The van der Waals surface area contributed by atoms with E-state index in [1.807, 2.05) is 0 Å². The van der Waals surface area contributed by atoms with Gasteiger partial charge in [0.2, 0.25) is 5.82 Å². The van der Waals surface area contributed by atoms with E-state index in [9.17, 15) is 28.1 Å². The average Bonchev–Trinajstić information content (AvgIpc) is 2.66. The van der Waals surface area contributed by atoms with Crippen molar-refractivity contribution in [1.29, 1.82) is 0 Å². The molecule has 0 saturated carbocycles. The maximum Gasteiger partial charge on any atom is 0.452 e. The molecule has 0 aliphatic heterocycles. The molecule has 0 spiro atoms. The minimum Gasteiger partial charge on any atom is -0.258 e. The van der Waals surface area contributed by atoms with E-state index in [0.717, 1.165) is 19.2 Å². The molecule has 0 atom stereocenters. The maximum atomic E-state index is 12.9. The largest absolute Gasteiger partial charge is 0.452 e. The third kappa shape index (κ3) is 2.68. The van der Waals surface area contributed by atoms with Gasteiger partial charge in [0.15, 0.2) is 0 Å². The first-order chi connectivity index (χ1) is 9.62. The minimum absolute atomic E-state index is 0.171. The Kier molecular flexibility index (Phi) is 3.61. The summed E-state index contributed by atoms with van der Waals surface area (Å²) in [7, 11) is 1.03. The van der Waals surface area contributed by atoms with Crippen molar-refractivity contribution in [2.45, 2.75) is 6.18 Å². The Balaban J connectivity index is 2.86. The Bertz CT molecular complexity index is 781. The molecule has 1 aromatic heterocycles. The number of nitro groups is 1. The van der Waals surface area contributed by atoms with E-state index in [4.69, 9.17) is 0 Å². The van der Waals surface area contributed by atoms with Crippen LogP contribution in [0.2, 0.25) is 0 Å². The first-order valence-electron chi connectivity index (χ1n) is 5.30. The van der Waals surface area contributed by atoms with Crippen molar-refractivity contribution in [1.82, 2.24) is 14.3 Å². The number of benzene rings is 1. The average molecular weight is 367 g/mol. The van der Waals surface area contributed by atoms with Crippen LogP contribution < -0.4 is 5.69 Å². The number of nitrogens with zero attached hydrogens (tertiary/aromatic N) is 4. The highest BCUT2D eigenvalue weighted by Crippen LogP contribution is 2.32. The maximum absolute atomic E-state index is 12.9. The first-order valence-corrected chi connectivity index (χ1v) is 6.10. The molecule has 1 aromatic carbocycles. The summed E-state index contributed by atoms with van der Waals surface area (Å²) in [6.07, 6.45) is -4.93. The van der Waals surface area contributed by atoms with Crippen molar-refractivity contribution in [3.63, 3.8) is 0 Å². The summed E-state index contributed by atoms with van der Waals surface area (Å²) in [5.41, 5.74) is -2.29. The van der Waals surface area contributed by atoms with E-state index in [0.29, 0.717) is 9.15 Å². The van der Waals surface area contributed by atoms with Gasteiger partial charge in [0.1, 0.15) is 5.69 Å². The van der Waals surface area contributed by atoms with Gasteiger partial charge in [-0.2, -0.15) is 13.2 Å². The highest BCUT2D eigenvalue weighted by atomic mass is 79.9. The Hall–Kier alpha value is -2.17. The standard InChI is InChI=1S/C10H6BrF3N4O3/c1-16-9(19)17(8(15-16)10(12,13)14)6-3-2-5(11)4-7(6)18(20)21/h2-4H,1H3. The van der Waals surface area contributed by atoms with Gasteiger partial charge in [0.25, 0.3) is 5.69 Å². The highest BCUT2D eigenvalue weighted by Gasteiger charge is 2.40. The molecule has 0 bridgehead atoms. The van der Waals surface area contributed by atoms with E-state index < -0.39 is 34.0 Å². The molecule has 0 unspecified atom stereocenters. The monoisotopic (exact) mass is 366 g/mol. The number of hydrogen-bond acceptors (Lipinski definition) is 4. The van der Waals surface area contributed by atoms with Crippen LogP contribution in [0, 0.1) is 10.1 Å². The number of hydrogen-bond donors (Lipinski definition) is 0. The van der Waals surface area contributed by atoms with Gasteiger partial charge in [-0.15, -0.1) is 5.10 Å². The summed E-state index contributed by atoms with van der Waals surface area (Å²) in [5, 5.41) is 14.1. The molecule has 2 rings (SSSR count). The van der Waals surface area contributed by atoms with Crippen LogP contribution in [0.1, 0.15) is 5.82 Å². The van der Waals surface area contributed by atoms with Crippen LogP contribution >= 0.6 is 15.9 Å². The van der Waals surface area contributed by atoms with Crippen LogP contribution in [-0.4, -0.2) is 19.3 Å². The molecule has 2 aromatic rings. The lowest BCUT2D eigenvalue weighted by molar-refractivity contribution is -0.384. The number of rotatable bonds is 2. The summed E-state index contributed by atoms with van der Waals surface area (Å²) in [6.45, 7) is 0. The summed E-state index contributed by atoms with van der Waals surface area (Å²) in [6, 6.07) is 3.34. The highest BCUT2D eigenvalue weighted by molar-refractivity contribution is 9.10. The fourth-order valence-electron chi connectivity index (χ4n) is 1.70. The lowest BCUT2D eigenvalue weighted by atomic mass is 10.2. The second-order valence-electron chi connectivity index (χ2n) is 3.95. The normalized spacial score (nSPS) is 11.7. The number of alkyl halides is 3. The zero-order chi connectivity index (χ0) is 15.9. The van der Waals surface area contributed by atoms with E-state index >= 15 is 0 Å². The minimum atomic E-state index is -4.93. The van der Waals surface area contributed by atoms with Gasteiger partial charge in [0.05, 0.1) is 4.92 Å². The number of aryl methyl sites for hydroxylation is 1. The zero-order valence-corrected chi connectivity index (χ0v) is 11.8. The summed E-state index contributed by atoms with van der Waals surface area (Å²) >= 11 is 2.98. The van der Waals surface area contributed by atoms with Crippen LogP contribution in [0.4, 0.5) is 18.9 Å². The number of nitro benzene ring substituents is 1. The van der Waals surface area contributed by atoms with Crippen molar-refractivity contribution in [2.24, 2.45) is 7.05 Å². The molecule has 0 fully saturated rings. The summed E-state index contributed by atoms with van der Waals surface area (Å²) in [4.78, 5) is 21.9. The van der Waals surface area contributed by atoms with E-state index in [2.05, 4.69) is 21.0 Å². The second kappa shape index (κ2) is 4.98. The molecule has 0 saturated heterocycles. The van der Waals surface area contributed by atoms with Crippen molar-refractivity contribution in [3.8, 4) is 5.69 Å². The van der Waals surface area contributed by atoms with Crippen molar-refractivity contribution in [3.05, 3.63) is 49.1 Å². The fourth-order valence-corrected chi connectivity index (χ4v) is 2.05. The predicted octanol–water partition coefficient (Wildman–Crippen LogP) is 2.26. The molecular formula is C10H6BrF3N4O3. The van der Waals surface area contributed by atoms with Gasteiger partial charge < -0.3 is 0 Å². The quantitative estimate of drug-likeness (QED) is 0.602. The van der Waals surface area contributed by atoms with Gasteiger partial charge in [0, 0.05) is 17.6 Å². The molecule has 112 valence electrons. The van der Waals surface area contributed by atoms with Crippen molar-refractivity contribution >= 4 is 21.6 Å².